The highest BCUT2D eigenvalue weighted by Crippen LogP contribution is 2.03. The molecule has 5 heteroatoms. The van der Waals surface area contributed by atoms with E-state index in [1.165, 1.54) is 11.8 Å². The van der Waals surface area contributed by atoms with Gasteiger partial charge < -0.3 is 16.0 Å². The first-order valence-electron chi connectivity index (χ1n) is 5.73. The Kier molecular flexibility index (Phi) is 7.76. The smallest absolute Gasteiger partial charge is 0.239 e. The number of carbonyl (C=O) groups is 2. The summed E-state index contributed by atoms with van der Waals surface area (Å²) in [5.41, 5.74) is 3.77. The minimum absolute atomic E-state index is 0.00320. The van der Waals surface area contributed by atoms with Crippen molar-refractivity contribution in [2.45, 2.75) is 32.2 Å². The molecule has 0 heterocycles. The van der Waals surface area contributed by atoms with Crippen molar-refractivity contribution in [2.24, 2.45) is 0 Å². The van der Waals surface area contributed by atoms with Gasteiger partial charge in [0.2, 0.25) is 5.91 Å². The van der Waals surface area contributed by atoms with Gasteiger partial charge in [-0.05, 0) is 33.2 Å². The van der Waals surface area contributed by atoms with Crippen molar-refractivity contribution in [3.8, 4) is 0 Å². The van der Waals surface area contributed by atoms with Crippen molar-refractivity contribution in [3.63, 3.8) is 0 Å². The summed E-state index contributed by atoms with van der Waals surface area (Å²) in [6, 6.07) is -0.184. The van der Waals surface area contributed by atoms with Gasteiger partial charge >= 0.3 is 0 Å². The highest BCUT2D eigenvalue weighted by molar-refractivity contribution is 5.87. The Morgan fingerprint density at radius 3 is 2.44 bits per heavy atom. The van der Waals surface area contributed by atoms with E-state index in [0.717, 1.165) is 25.8 Å². The van der Waals surface area contributed by atoms with Crippen LogP contribution in [0.15, 0.2) is 0 Å². The lowest BCUT2D eigenvalue weighted by atomic mass is 10.1. The third-order valence-electron chi connectivity index (χ3n) is 2.48. The van der Waals surface area contributed by atoms with E-state index < -0.39 is 0 Å². The molecule has 0 aliphatic carbocycles. The minimum Gasteiger partial charge on any atom is -0.358 e. The standard InChI is InChI=1S/C11H23N3O2/c1-9(15)8-14(3)11(16)10(13-2)6-4-5-7-12/h10,13H,4-8,12H2,1-3H3/p+1/t10-/m0/s1. The number of unbranched alkanes of at least 4 members (excludes halogenated alkanes) is 1. The summed E-state index contributed by atoms with van der Waals surface area (Å²) >= 11 is 0. The first-order valence-corrected chi connectivity index (χ1v) is 5.73. The fourth-order valence-electron chi connectivity index (χ4n) is 1.59. The summed E-state index contributed by atoms with van der Waals surface area (Å²) in [4.78, 5) is 24.3. The van der Waals surface area contributed by atoms with Crippen molar-refractivity contribution in [1.29, 1.82) is 0 Å². The van der Waals surface area contributed by atoms with Crippen molar-refractivity contribution in [3.05, 3.63) is 0 Å². The van der Waals surface area contributed by atoms with E-state index in [4.69, 9.17) is 0 Å². The molecule has 94 valence electrons. The Morgan fingerprint density at radius 2 is 2.00 bits per heavy atom. The highest BCUT2D eigenvalue weighted by Gasteiger charge is 2.20. The molecule has 0 aliphatic heterocycles. The molecule has 0 bridgehead atoms. The fourth-order valence-corrected chi connectivity index (χ4v) is 1.59. The number of rotatable bonds is 8. The van der Waals surface area contributed by atoms with E-state index in [-0.39, 0.29) is 24.3 Å². The van der Waals surface area contributed by atoms with Crippen molar-refractivity contribution >= 4 is 11.7 Å². The zero-order valence-electron chi connectivity index (χ0n) is 10.6. The van der Waals surface area contributed by atoms with Crippen LogP contribution in [-0.2, 0) is 9.59 Å². The second-order valence-corrected chi connectivity index (χ2v) is 4.09. The van der Waals surface area contributed by atoms with Gasteiger partial charge in [-0.3, -0.25) is 9.59 Å². The molecule has 4 N–H and O–H groups in total. The summed E-state index contributed by atoms with van der Waals surface area (Å²) in [7, 11) is 3.43. The van der Waals surface area contributed by atoms with Crippen LogP contribution in [0.5, 0.6) is 0 Å². The maximum atomic E-state index is 11.9. The molecular formula is C11H24N3O2+. The van der Waals surface area contributed by atoms with Crippen LogP contribution in [-0.4, -0.2) is 49.8 Å². The number of ketones is 1. The number of carbonyl (C=O) groups excluding carboxylic acids is 2. The number of quaternary nitrogens is 1. The predicted molar refractivity (Wildman–Crippen MR) is 62.8 cm³/mol. The number of Topliss-reactive ketones (excluding diaryl/α,β-unsaturated/α-hetero) is 1. The van der Waals surface area contributed by atoms with Crippen molar-refractivity contribution in [2.75, 3.05) is 27.2 Å². The van der Waals surface area contributed by atoms with Crippen molar-refractivity contribution in [1.82, 2.24) is 10.2 Å². The maximum Gasteiger partial charge on any atom is 0.239 e. The molecule has 1 atom stereocenters. The van der Waals surface area contributed by atoms with Crippen LogP contribution in [0.3, 0.4) is 0 Å². The van der Waals surface area contributed by atoms with E-state index in [0.29, 0.717) is 0 Å². The van der Waals surface area contributed by atoms with Crippen LogP contribution in [0.2, 0.25) is 0 Å². The molecule has 0 fully saturated rings. The Bertz CT molecular complexity index is 231. The molecule has 0 saturated heterocycles. The first-order chi connectivity index (χ1) is 7.52. The lowest BCUT2D eigenvalue weighted by Crippen LogP contribution is -2.50. The summed E-state index contributed by atoms with van der Waals surface area (Å²) in [6.07, 6.45) is 2.81. The zero-order chi connectivity index (χ0) is 12.6. The average Bonchev–Trinajstić information content (AvgIpc) is 2.22. The largest absolute Gasteiger partial charge is 0.358 e. The summed E-state index contributed by atoms with van der Waals surface area (Å²) in [5, 5.41) is 2.99. The maximum absolute atomic E-state index is 11.9. The van der Waals surface area contributed by atoms with E-state index in [2.05, 4.69) is 11.1 Å². The van der Waals surface area contributed by atoms with E-state index in [1.54, 1.807) is 14.1 Å². The number of nitrogens with zero attached hydrogens (tertiary/aromatic N) is 1. The number of amides is 1. The summed E-state index contributed by atoms with van der Waals surface area (Å²) in [5.74, 6) is -0.00905. The molecule has 5 nitrogen and oxygen atoms in total. The quantitative estimate of drug-likeness (QED) is 0.527. The van der Waals surface area contributed by atoms with E-state index >= 15 is 0 Å². The van der Waals surface area contributed by atoms with E-state index in [9.17, 15) is 9.59 Å². The molecule has 0 saturated carbocycles. The monoisotopic (exact) mass is 230 g/mol. The molecule has 0 aromatic carbocycles. The topological polar surface area (TPSA) is 77.1 Å². The van der Waals surface area contributed by atoms with Gasteiger partial charge in [-0.2, -0.15) is 0 Å². The van der Waals surface area contributed by atoms with Gasteiger partial charge in [0, 0.05) is 7.05 Å². The van der Waals surface area contributed by atoms with Crippen LogP contribution in [0.4, 0.5) is 0 Å². The van der Waals surface area contributed by atoms with Gasteiger partial charge in [-0.15, -0.1) is 0 Å². The third-order valence-corrected chi connectivity index (χ3v) is 2.48. The Hall–Kier alpha value is -0.940. The molecule has 0 radical (unpaired) electrons. The third kappa shape index (κ3) is 5.82. The van der Waals surface area contributed by atoms with Crippen LogP contribution in [0, 0.1) is 0 Å². The molecule has 1 amide bonds. The van der Waals surface area contributed by atoms with Gasteiger partial charge in [0.25, 0.3) is 0 Å². The number of hydrogen-bond donors (Lipinski definition) is 2. The Balaban J connectivity index is 4.12. The van der Waals surface area contributed by atoms with Gasteiger partial charge in [0.15, 0.2) is 0 Å². The Labute approximate surface area is 97.4 Å². The fraction of sp³-hybridized carbons (Fsp3) is 0.818. The number of nitrogens with one attached hydrogen (secondary N) is 1. The highest BCUT2D eigenvalue weighted by atomic mass is 16.2. The lowest BCUT2D eigenvalue weighted by molar-refractivity contribution is -0.368. The van der Waals surface area contributed by atoms with Gasteiger partial charge in [-0.25, -0.2) is 0 Å². The van der Waals surface area contributed by atoms with Crippen molar-refractivity contribution < 1.29 is 15.3 Å². The minimum atomic E-state index is -0.184. The second kappa shape index (κ2) is 8.24. The molecule has 0 unspecified atom stereocenters. The van der Waals surface area contributed by atoms with Gasteiger partial charge in [-0.1, -0.05) is 0 Å². The molecule has 0 aromatic rings. The van der Waals surface area contributed by atoms with Crippen LogP contribution < -0.4 is 11.1 Å². The van der Waals surface area contributed by atoms with E-state index in [1.807, 2.05) is 0 Å². The predicted octanol–water partition coefficient (Wildman–Crippen LogP) is -0.966. The molecule has 16 heavy (non-hydrogen) atoms. The molecule has 0 rings (SSSR count). The first kappa shape index (κ1) is 15.1. The second-order valence-electron chi connectivity index (χ2n) is 4.09. The number of hydrogen-bond acceptors (Lipinski definition) is 3. The summed E-state index contributed by atoms with van der Waals surface area (Å²) < 4.78 is 0. The van der Waals surface area contributed by atoms with Gasteiger partial charge in [0.1, 0.15) is 5.78 Å². The Morgan fingerprint density at radius 1 is 1.38 bits per heavy atom. The molecule has 0 aromatic heterocycles. The molecule has 0 aliphatic rings. The zero-order valence-corrected chi connectivity index (χ0v) is 10.6. The van der Waals surface area contributed by atoms with Gasteiger partial charge in [0.05, 0.1) is 19.1 Å². The van der Waals surface area contributed by atoms with Crippen LogP contribution >= 0.6 is 0 Å². The van der Waals surface area contributed by atoms with Crippen LogP contribution in [0.25, 0.3) is 0 Å². The lowest BCUT2D eigenvalue weighted by Gasteiger charge is -2.22. The summed E-state index contributed by atoms with van der Waals surface area (Å²) in [6.45, 7) is 2.57. The van der Waals surface area contributed by atoms with Crippen LogP contribution in [0.1, 0.15) is 26.2 Å². The molecule has 0 spiro atoms. The normalized spacial score (nSPS) is 12.2. The SMILES string of the molecule is CN[C@@H](CCCC[NH3+])C(=O)N(C)CC(C)=O. The molecular weight excluding hydrogens is 206 g/mol. The number of likely N-dealkylation sites (N-methyl/N-ethyl adjacent to an activating group) is 2. The average molecular weight is 230 g/mol.